The number of amides is 2. The van der Waals surface area contributed by atoms with Gasteiger partial charge in [0.15, 0.2) is 0 Å². The van der Waals surface area contributed by atoms with Crippen molar-refractivity contribution in [2.75, 3.05) is 27.2 Å². The molecule has 2 rings (SSSR count). The Morgan fingerprint density at radius 3 is 2.50 bits per heavy atom. The number of likely N-dealkylation sites (tertiary alicyclic amines) is 1. The summed E-state index contributed by atoms with van der Waals surface area (Å²) in [5, 5.41) is 3.41. The molecule has 9 heteroatoms. The van der Waals surface area contributed by atoms with Crippen LogP contribution in [0.3, 0.4) is 0 Å². The number of allylic oxidation sites excluding steroid dienone is 3. The van der Waals surface area contributed by atoms with Crippen LogP contribution in [0.2, 0.25) is 10.0 Å². The first-order chi connectivity index (χ1) is 15.1. The Morgan fingerprint density at radius 1 is 1.31 bits per heavy atom. The van der Waals surface area contributed by atoms with Gasteiger partial charge in [0.1, 0.15) is 0 Å². The van der Waals surface area contributed by atoms with Gasteiger partial charge in [-0.1, -0.05) is 35.3 Å². The molecular formula is C23H30Cl2F2N4O. The second-order valence-electron chi connectivity index (χ2n) is 8.10. The molecule has 1 N–H and O–H groups in total. The molecule has 1 aromatic rings. The number of carbonyl (C=O) groups is 1. The Morgan fingerprint density at radius 2 is 1.94 bits per heavy atom. The van der Waals surface area contributed by atoms with Gasteiger partial charge in [-0.2, -0.15) is 0 Å². The van der Waals surface area contributed by atoms with Crippen molar-refractivity contribution in [3.05, 3.63) is 51.2 Å². The molecule has 1 aliphatic rings. The third-order valence-electron chi connectivity index (χ3n) is 5.74. The van der Waals surface area contributed by atoms with Gasteiger partial charge >= 0.3 is 6.03 Å². The molecule has 5 nitrogen and oxygen atoms in total. The van der Waals surface area contributed by atoms with E-state index in [1.165, 1.54) is 19.2 Å². The Kier molecular flexibility index (Phi) is 9.67. The van der Waals surface area contributed by atoms with Gasteiger partial charge in [-0.15, -0.1) is 0 Å². The molecule has 1 aromatic carbocycles. The standard InChI is InChI=1S/C23H30Cl2F2N4O/c1-14(22(26)27)12-16(13-28-3)19-7-6-18(20(24)21(19)25)15(2)29-23(32)31(5)17-8-10-30(4)11-9-17/h6-7,12-13,15,17,22H,3,8-11H2,1-2,4-5H3,(H,29,32)/b14-12+,16-13+. The molecular weight excluding hydrogens is 457 g/mol. The summed E-state index contributed by atoms with van der Waals surface area (Å²) >= 11 is 13.0. The number of piperidine rings is 1. The highest BCUT2D eigenvalue weighted by Gasteiger charge is 2.26. The fraction of sp³-hybridized carbons (Fsp3) is 0.478. The van der Waals surface area contributed by atoms with E-state index < -0.39 is 12.5 Å². The Bertz CT molecular complexity index is 896. The summed E-state index contributed by atoms with van der Waals surface area (Å²) in [5.41, 5.74) is 1.32. The van der Waals surface area contributed by atoms with Gasteiger partial charge in [-0.25, -0.2) is 13.6 Å². The van der Waals surface area contributed by atoms with E-state index in [4.69, 9.17) is 23.2 Å². The zero-order valence-electron chi connectivity index (χ0n) is 18.8. The van der Waals surface area contributed by atoms with Crippen molar-refractivity contribution in [2.45, 2.75) is 45.2 Å². The van der Waals surface area contributed by atoms with Gasteiger partial charge in [-0.05, 0) is 70.8 Å². The van der Waals surface area contributed by atoms with Crippen molar-refractivity contribution in [3.63, 3.8) is 0 Å². The van der Waals surface area contributed by atoms with E-state index in [0.29, 0.717) is 16.7 Å². The SMILES string of the molecule is C=N/C=C(\C=C(/C)C(F)F)c1ccc(C(C)NC(=O)N(C)C2CCN(C)CC2)c(Cl)c1Cl. The fourth-order valence-corrected chi connectivity index (χ4v) is 4.24. The van der Waals surface area contributed by atoms with Crippen molar-refractivity contribution in [1.82, 2.24) is 15.1 Å². The summed E-state index contributed by atoms with van der Waals surface area (Å²) in [6, 6.07) is 3.00. The van der Waals surface area contributed by atoms with E-state index in [1.807, 2.05) is 6.92 Å². The largest absolute Gasteiger partial charge is 0.331 e. The van der Waals surface area contributed by atoms with Crippen LogP contribution in [0.4, 0.5) is 13.6 Å². The molecule has 1 unspecified atom stereocenters. The van der Waals surface area contributed by atoms with E-state index in [1.54, 1.807) is 24.1 Å². The monoisotopic (exact) mass is 486 g/mol. The highest BCUT2D eigenvalue weighted by molar-refractivity contribution is 6.43. The van der Waals surface area contributed by atoms with Crippen LogP contribution < -0.4 is 5.32 Å². The minimum Gasteiger partial charge on any atom is -0.331 e. The van der Waals surface area contributed by atoms with Gasteiger partial charge in [0, 0.05) is 30.4 Å². The lowest BCUT2D eigenvalue weighted by Crippen LogP contribution is -2.48. The molecule has 1 saturated heterocycles. The average molecular weight is 487 g/mol. The van der Waals surface area contributed by atoms with Crippen molar-refractivity contribution < 1.29 is 13.6 Å². The van der Waals surface area contributed by atoms with Crippen LogP contribution in [0.15, 0.2) is 35.0 Å². The minimum atomic E-state index is -2.60. The van der Waals surface area contributed by atoms with Crippen molar-refractivity contribution in [3.8, 4) is 0 Å². The number of nitrogens with one attached hydrogen (secondary N) is 1. The maximum absolute atomic E-state index is 13.0. The summed E-state index contributed by atoms with van der Waals surface area (Å²) < 4.78 is 26.0. The number of alkyl halides is 2. The van der Waals surface area contributed by atoms with Gasteiger partial charge in [-0.3, -0.25) is 4.99 Å². The number of hydrogen-bond donors (Lipinski definition) is 1. The lowest BCUT2D eigenvalue weighted by atomic mass is 10.00. The molecule has 176 valence electrons. The first-order valence-electron chi connectivity index (χ1n) is 10.4. The second-order valence-corrected chi connectivity index (χ2v) is 8.86. The maximum atomic E-state index is 13.0. The Labute approximate surface area is 198 Å². The zero-order chi connectivity index (χ0) is 24.0. The number of nitrogens with zero attached hydrogens (tertiary/aromatic N) is 3. The van der Waals surface area contributed by atoms with Crippen LogP contribution in [0, 0.1) is 0 Å². The van der Waals surface area contributed by atoms with E-state index >= 15 is 0 Å². The predicted octanol–water partition coefficient (Wildman–Crippen LogP) is 6.04. The number of halogens is 4. The van der Waals surface area contributed by atoms with Crippen LogP contribution in [-0.2, 0) is 0 Å². The van der Waals surface area contributed by atoms with Crippen molar-refractivity contribution in [1.29, 1.82) is 0 Å². The molecule has 1 aliphatic heterocycles. The third-order valence-corrected chi connectivity index (χ3v) is 6.64. The van der Waals surface area contributed by atoms with E-state index in [-0.39, 0.29) is 27.7 Å². The summed E-state index contributed by atoms with van der Waals surface area (Å²) in [5.74, 6) is 0. The van der Waals surface area contributed by atoms with Crippen molar-refractivity contribution in [2.24, 2.45) is 4.99 Å². The highest BCUT2D eigenvalue weighted by atomic mass is 35.5. The molecule has 1 fully saturated rings. The van der Waals surface area contributed by atoms with Crippen LogP contribution in [-0.4, -0.2) is 62.2 Å². The molecule has 1 heterocycles. The van der Waals surface area contributed by atoms with Gasteiger partial charge < -0.3 is 15.1 Å². The molecule has 1 atom stereocenters. The minimum absolute atomic E-state index is 0.131. The maximum Gasteiger partial charge on any atom is 0.317 e. The first kappa shape index (κ1) is 26.3. The number of hydrogen-bond acceptors (Lipinski definition) is 3. The van der Waals surface area contributed by atoms with Crippen molar-refractivity contribution >= 4 is 41.5 Å². The summed E-state index contributed by atoms with van der Waals surface area (Å²) in [7, 11) is 3.87. The molecule has 0 radical (unpaired) electrons. The summed E-state index contributed by atoms with van der Waals surface area (Å²) in [4.78, 5) is 20.4. The van der Waals surface area contributed by atoms with Crippen LogP contribution >= 0.6 is 23.2 Å². The lowest BCUT2D eigenvalue weighted by Gasteiger charge is -2.35. The van der Waals surface area contributed by atoms with Gasteiger partial charge in [0.25, 0.3) is 6.43 Å². The smallest absolute Gasteiger partial charge is 0.317 e. The van der Waals surface area contributed by atoms with Gasteiger partial charge in [0.2, 0.25) is 0 Å². The Hall–Kier alpha value is -1.96. The first-order valence-corrected chi connectivity index (χ1v) is 11.1. The third kappa shape index (κ3) is 6.53. The number of rotatable bonds is 7. The van der Waals surface area contributed by atoms with E-state index in [2.05, 4.69) is 29.0 Å². The zero-order valence-corrected chi connectivity index (χ0v) is 20.4. The van der Waals surface area contributed by atoms with Crippen LogP contribution in [0.1, 0.15) is 43.9 Å². The van der Waals surface area contributed by atoms with E-state index in [9.17, 15) is 13.6 Å². The highest BCUT2D eigenvalue weighted by Crippen LogP contribution is 2.37. The molecule has 0 spiro atoms. The Balaban J connectivity index is 2.21. The summed E-state index contributed by atoms with van der Waals surface area (Å²) in [6.45, 7) is 8.45. The topological polar surface area (TPSA) is 47.9 Å². The van der Waals surface area contributed by atoms with E-state index in [0.717, 1.165) is 25.9 Å². The number of benzene rings is 1. The normalized spacial score (nSPS) is 17.4. The average Bonchev–Trinajstić information content (AvgIpc) is 2.75. The van der Waals surface area contributed by atoms with Gasteiger partial charge in [0.05, 0.1) is 16.1 Å². The molecule has 0 bridgehead atoms. The number of urea groups is 1. The number of carbonyl (C=O) groups excluding carboxylic acids is 1. The van der Waals surface area contributed by atoms with Crippen LogP contribution in [0.25, 0.3) is 5.57 Å². The molecule has 2 amide bonds. The molecule has 0 aromatic heterocycles. The quantitative estimate of drug-likeness (QED) is 0.377. The molecule has 0 saturated carbocycles. The lowest BCUT2D eigenvalue weighted by molar-refractivity contribution is 0.146. The second kappa shape index (κ2) is 11.8. The fourth-order valence-electron chi connectivity index (χ4n) is 3.63. The predicted molar refractivity (Wildman–Crippen MR) is 129 cm³/mol. The number of aliphatic imine (C=N–C) groups is 1. The van der Waals surface area contributed by atoms with Crippen LogP contribution in [0.5, 0.6) is 0 Å². The summed E-state index contributed by atoms with van der Waals surface area (Å²) in [6.07, 6.45) is 1.90. The molecule has 32 heavy (non-hydrogen) atoms. The molecule has 0 aliphatic carbocycles.